The Morgan fingerprint density at radius 2 is 2.07 bits per heavy atom. The molecule has 1 aliphatic rings. The highest BCUT2D eigenvalue weighted by molar-refractivity contribution is 7.09. The van der Waals surface area contributed by atoms with E-state index in [-0.39, 0.29) is 24.2 Å². The molecule has 1 atom stereocenters. The summed E-state index contributed by atoms with van der Waals surface area (Å²) in [6, 6.07) is 5.33. The molecule has 2 aromatic rings. The first-order valence-corrected chi connectivity index (χ1v) is 10.6. The highest BCUT2D eigenvalue weighted by Gasteiger charge is 2.35. The van der Waals surface area contributed by atoms with Crippen molar-refractivity contribution in [2.24, 2.45) is 5.92 Å². The average Bonchev–Trinajstić information content (AvgIpc) is 3.32. The van der Waals surface area contributed by atoms with Crippen molar-refractivity contribution in [2.75, 3.05) is 32.2 Å². The van der Waals surface area contributed by atoms with Gasteiger partial charge < -0.3 is 19.7 Å². The third kappa shape index (κ3) is 5.26. The summed E-state index contributed by atoms with van der Waals surface area (Å²) in [5, 5.41) is 6.16. The van der Waals surface area contributed by atoms with Crippen LogP contribution in [-0.4, -0.2) is 44.1 Å². The third-order valence-corrected chi connectivity index (χ3v) is 5.98. The van der Waals surface area contributed by atoms with Gasteiger partial charge >= 0.3 is 0 Å². The lowest BCUT2D eigenvalue weighted by atomic mass is 10.1. The van der Waals surface area contributed by atoms with Gasteiger partial charge in [0.2, 0.25) is 11.8 Å². The average molecular weight is 418 g/mol. The molecule has 0 radical (unpaired) electrons. The number of carbonyl (C=O) groups is 2. The van der Waals surface area contributed by atoms with Crippen LogP contribution in [0.15, 0.2) is 23.6 Å². The maximum absolute atomic E-state index is 12.5. The molecule has 1 saturated heterocycles. The summed E-state index contributed by atoms with van der Waals surface area (Å²) in [4.78, 5) is 31.0. The van der Waals surface area contributed by atoms with Crippen molar-refractivity contribution in [3.8, 4) is 11.5 Å². The van der Waals surface area contributed by atoms with Gasteiger partial charge in [-0.1, -0.05) is 0 Å². The van der Waals surface area contributed by atoms with Crippen molar-refractivity contribution in [3.05, 3.63) is 34.3 Å². The Morgan fingerprint density at radius 3 is 2.76 bits per heavy atom. The fourth-order valence-corrected chi connectivity index (χ4v) is 4.22. The van der Waals surface area contributed by atoms with Crippen LogP contribution >= 0.6 is 11.3 Å². The number of carbonyl (C=O) groups excluding carboxylic acids is 2. The zero-order valence-electron chi connectivity index (χ0n) is 17.1. The standard InChI is InChI=1S/C21H27N3O4S/c1-14-13-29-19(23-14)6-4-5-9-22-21(26)15-10-20(25)24(12-15)16-7-8-17(27-2)18(11-16)28-3/h7-8,11,13,15H,4-6,9-10,12H2,1-3H3,(H,22,26). The Kier molecular flexibility index (Phi) is 7.09. The summed E-state index contributed by atoms with van der Waals surface area (Å²) in [6.07, 6.45) is 3.03. The molecule has 7 nitrogen and oxygen atoms in total. The minimum Gasteiger partial charge on any atom is -0.493 e. The van der Waals surface area contributed by atoms with Crippen LogP contribution in [-0.2, 0) is 16.0 Å². The van der Waals surface area contributed by atoms with Gasteiger partial charge in [-0.2, -0.15) is 0 Å². The van der Waals surface area contributed by atoms with Crippen LogP contribution in [0.1, 0.15) is 30.0 Å². The molecule has 156 valence electrons. The molecule has 0 spiro atoms. The summed E-state index contributed by atoms with van der Waals surface area (Å²) in [6.45, 7) is 2.98. The molecule has 2 amide bonds. The molecule has 1 aromatic heterocycles. The monoisotopic (exact) mass is 417 g/mol. The number of hydrogen-bond acceptors (Lipinski definition) is 6. The molecule has 1 N–H and O–H groups in total. The van der Waals surface area contributed by atoms with Gasteiger partial charge in [0.05, 0.1) is 25.1 Å². The zero-order chi connectivity index (χ0) is 20.8. The van der Waals surface area contributed by atoms with Crippen LogP contribution < -0.4 is 19.7 Å². The van der Waals surface area contributed by atoms with Crippen molar-refractivity contribution in [2.45, 2.75) is 32.6 Å². The van der Waals surface area contributed by atoms with E-state index >= 15 is 0 Å². The number of nitrogens with zero attached hydrogens (tertiary/aromatic N) is 2. The fraction of sp³-hybridized carbons (Fsp3) is 0.476. The van der Waals surface area contributed by atoms with Gasteiger partial charge in [0, 0.05) is 42.3 Å². The van der Waals surface area contributed by atoms with Gasteiger partial charge in [-0.05, 0) is 38.3 Å². The number of aryl methyl sites for hydroxylation is 2. The first-order valence-electron chi connectivity index (χ1n) is 9.73. The first-order chi connectivity index (χ1) is 14.0. The largest absolute Gasteiger partial charge is 0.493 e. The van der Waals surface area contributed by atoms with E-state index in [0.717, 1.165) is 30.0 Å². The molecule has 1 fully saturated rings. The quantitative estimate of drug-likeness (QED) is 0.635. The molecule has 0 bridgehead atoms. The number of nitrogens with one attached hydrogen (secondary N) is 1. The van der Waals surface area contributed by atoms with Gasteiger partial charge in [-0.3, -0.25) is 9.59 Å². The van der Waals surface area contributed by atoms with Crippen LogP contribution in [0.2, 0.25) is 0 Å². The van der Waals surface area contributed by atoms with E-state index in [1.165, 1.54) is 0 Å². The first kappa shape index (κ1) is 21.1. The minimum absolute atomic E-state index is 0.0588. The predicted molar refractivity (Wildman–Crippen MR) is 113 cm³/mol. The topological polar surface area (TPSA) is 80.8 Å². The molecular weight excluding hydrogens is 390 g/mol. The van der Waals surface area contributed by atoms with Crippen LogP contribution in [0.3, 0.4) is 0 Å². The Hall–Kier alpha value is -2.61. The van der Waals surface area contributed by atoms with E-state index in [1.54, 1.807) is 48.7 Å². The van der Waals surface area contributed by atoms with Gasteiger partial charge in [0.1, 0.15) is 0 Å². The van der Waals surface area contributed by atoms with Crippen LogP contribution in [0.4, 0.5) is 5.69 Å². The fourth-order valence-electron chi connectivity index (χ4n) is 3.40. The third-order valence-electron chi connectivity index (χ3n) is 4.96. The van der Waals surface area contributed by atoms with Gasteiger partial charge in [-0.25, -0.2) is 4.98 Å². The van der Waals surface area contributed by atoms with Crippen LogP contribution in [0.25, 0.3) is 0 Å². The maximum atomic E-state index is 12.5. The second-order valence-corrected chi connectivity index (χ2v) is 8.02. The lowest BCUT2D eigenvalue weighted by Crippen LogP contribution is -2.33. The number of benzene rings is 1. The van der Waals surface area contributed by atoms with Crippen molar-refractivity contribution in [3.63, 3.8) is 0 Å². The number of rotatable bonds is 9. The van der Waals surface area contributed by atoms with Crippen LogP contribution in [0, 0.1) is 12.8 Å². The van der Waals surface area contributed by atoms with Crippen molar-refractivity contribution in [1.29, 1.82) is 0 Å². The highest BCUT2D eigenvalue weighted by atomic mass is 32.1. The number of thiazole rings is 1. The van der Waals surface area contributed by atoms with E-state index in [1.807, 2.05) is 6.92 Å². The zero-order valence-corrected chi connectivity index (χ0v) is 17.9. The smallest absolute Gasteiger partial charge is 0.227 e. The van der Waals surface area contributed by atoms with E-state index in [0.29, 0.717) is 30.3 Å². The molecule has 0 saturated carbocycles. The molecule has 3 rings (SSSR count). The normalized spacial score (nSPS) is 16.2. The summed E-state index contributed by atoms with van der Waals surface area (Å²) in [7, 11) is 3.12. The SMILES string of the molecule is COc1ccc(N2CC(C(=O)NCCCCc3nc(C)cs3)CC2=O)cc1OC. The van der Waals surface area contributed by atoms with Gasteiger partial charge in [0.25, 0.3) is 0 Å². The Bertz CT molecular complexity index is 867. The second kappa shape index (κ2) is 9.73. The molecule has 1 unspecified atom stereocenters. The van der Waals surface area contributed by atoms with Crippen molar-refractivity contribution in [1.82, 2.24) is 10.3 Å². The minimum atomic E-state index is -0.336. The molecule has 29 heavy (non-hydrogen) atoms. The Morgan fingerprint density at radius 1 is 1.28 bits per heavy atom. The second-order valence-electron chi connectivity index (χ2n) is 7.08. The molecule has 0 aliphatic carbocycles. The summed E-state index contributed by atoms with van der Waals surface area (Å²) >= 11 is 1.68. The Labute approximate surface area is 175 Å². The highest BCUT2D eigenvalue weighted by Crippen LogP contribution is 2.34. The van der Waals surface area contributed by atoms with Crippen molar-refractivity contribution < 1.29 is 19.1 Å². The number of aromatic nitrogens is 1. The number of unbranched alkanes of at least 4 members (excludes halogenated alkanes) is 1. The van der Waals surface area contributed by atoms with E-state index in [9.17, 15) is 9.59 Å². The number of methoxy groups -OCH3 is 2. The number of hydrogen-bond donors (Lipinski definition) is 1. The summed E-state index contributed by atoms with van der Waals surface area (Å²) in [5.74, 6) is 0.700. The molecule has 1 aliphatic heterocycles. The molecule has 8 heteroatoms. The van der Waals surface area contributed by atoms with E-state index < -0.39 is 0 Å². The lowest BCUT2D eigenvalue weighted by molar-refractivity contribution is -0.126. The lowest BCUT2D eigenvalue weighted by Gasteiger charge is -2.18. The Balaban J connectivity index is 1.47. The predicted octanol–water partition coefficient (Wildman–Crippen LogP) is 2.96. The number of ether oxygens (including phenoxy) is 2. The maximum Gasteiger partial charge on any atom is 0.227 e. The summed E-state index contributed by atoms with van der Waals surface area (Å²) in [5.41, 5.74) is 1.77. The van der Waals surface area contributed by atoms with E-state index in [2.05, 4.69) is 15.7 Å². The molecule has 2 heterocycles. The summed E-state index contributed by atoms with van der Waals surface area (Å²) < 4.78 is 10.5. The van der Waals surface area contributed by atoms with Gasteiger partial charge in [0.15, 0.2) is 11.5 Å². The van der Waals surface area contributed by atoms with E-state index in [4.69, 9.17) is 9.47 Å². The van der Waals surface area contributed by atoms with Crippen LogP contribution in [0.5, 0.6) is 11.5 Å². The van der Waals surface area contributed by atoms with Crippen molar-refractivity contribution >= 4 is 28.8 Å². The number of anilines is 1. The molecular formula is C21H27N3O4S. The molecule has 1 aromatic carbocycles. The number of amides is 2. The van der Waals surface area contributed by atoms with Gasteiger partial charge in [-0.15, -0.1) is 11.3 Å².